The zero-order chi connectivity index (χ0) is 8.27. The zero-order valence-corrected chi connectivity index (χ0v) is 7.04. The van der Waals surface area contributed by atoms with Gasteiger partial charge in [-0.1, -0.05) is 0 Å². The van der Waals surface area contributed by atoms with Crippen molar-refractivity contribution < 1.29 is 9.47 Å². The van der Waals surface area contributed by atoms with Crippen LogP contribution in [0.1, 0.15) is 12.8 Å². The summed E-state index contributed by atoms with van der Waals surface area (Å²) in [7, 11) is 3.75. The second-order valence-corrected chi connectivity index (χ2v) is 2.90. The van der Waals surface area contributed by atoms with E-state index in [1.165, 1.54) is 0 Å². The quantitative estimate of drug-likeness (QED) is 0.402. The van der Waals surface area contributed by atoms with Crippen molar-refractivity contribution in [3.05, 3.63) is 0 Å². The van der Waals surface area contributed by atoms with E-state index in [9.17, 15) is 0 Å². The number of ether oxygens (including phenoxy) is 2. The molecule has 1 aliphatic rings. The number of rotatable bonds is 2. The van der Waals surface area contributed by atoms with Gasteiger partial charge in [0.15, 0.2) is 0 Å². The zero-order valence-electron chi connectivity index (χ0n) is 7.04. The normalized spacial score (nSPS) is 36.9. The Morgan fingerprint density at radius 3 is 3.09 bits per heavy atom. The van der Waals surface area contributed by atoms with Gasteiger partial charge in [-0.2, -0.15) is 0 Å². The van der Waals surface area contributed by atoms with Crippen molar-refractivity contribution in [1.82, 2.24) is 0 Å². The Hall–Kier alpha value is -0.455. The second kappa shape index (κ2) is 3.80. The standard InChI is InChI=1S/C8H13BO2/c1-3-4-6-7(10-2)5-8(9)11-6/h1,6-8H,4-5,9H2,2H3/t6-,7?,8-/m1/s1. The van der Waals surface area contributed by atoms with Crippen LogP contribution in [0.15, 0.2) is 0 Å². The summed E-state index contributed by atoms with van der Waals surface area (Å²) in [6, 6.07) is 0.290. The highest BCUT2D eigenvalue weighted by atomic mass is 16.6. The van der Waals surface area contributed by atoms with Gasteiger partial charge in [0.1, 0.15) is 7.85 Å². The van der Waals surface area contributed by atoms with Gasteiger partial charge in [-0.25, -0.2) is 0 Å². The Balaban J connectivity index is 2.45. The highest BCUT2D eigenvalue weighted by molar-refractivity contribution is 6.11. The fraction of sp³-hybridized carbons (Fsp3) is 0.750. The molecule has 11 heavy (non-hydrogen) atoms. The van der Waals surface area contributed by atoms with Crippen molar-refractivity contribution in [1.29, 1.82) is 0 Å². The molecule has 1 fully saturated rings. The van der Waals surface area contributed by atoms with Crippen molar-refractivity contribution in [2.75, 3.05) is 7.11 Å². The van der Waals surface area contributed by atoms with E-state index in [1.54, 1.807) is 7.11 Å². The SMILES string of the molecule is B[C@H]1CC(OC)[C@@H](CC#C)O1. The second-order valence-electron chi connectivity index (χ2n) is 2.90. The predicted octanol–water partition coefficient (Wildman–Crippen LogP) is -0.227. The molecule has 1 unspecified atom stereocenters. The van der Waals surface area contributed by atoms with E-state index in [0.29, 0.717) is 12.4 Å². The average Bonchev–Trinajstić information content (AvgIpc) is 2.32. The maximum atomic E-state index is 5.54. The first-order valence-corrected chi connectivity index (χ1v) is 3.89. The smallest absolute Gasteiger partial charge is 0.139 e. The molecule has 0 aromatic carbocycles. The first-order chi connectivity index (χ1) is 5.27. The average molecular weight is 152 g/mol. The van der Waals surface area contributed by atoms with E-state index in [4.69, 9.17) is 15.9 Å². The highest BCUT2D eigenvalue weighted by Gasteiger charge is 2.31. The van der Waals surface area contributed by atoms with Crippen LogP contribution < -0.4 is 0 Å². The summed E-state index contributed by atoms with van der Waals surface area (Å²) in [6.45, 7) is 0. The van der Waals surface area contributed by atoms with Crippen LogP contribution in [0.4, 0.5) is 0 Å². The molecule has 1 aliphatic heterocycles. The molecule has 1 saturated heterocycles. The van der Waals surface area contributed by atoms with Crippen LogP contribution in [0.2, 0.25) is 0 Å². The minimum atomic E-state index is 0.111. The lowest BCUT2D eigenvalue weighted by Gasteiger charge is -2.13. The van der Waals surface area contributed by atoms with Crippen molar-refractivity contribution in [3.63, 3.8) is 0 Å². The molecule has 2 nitrogen and oxygen atoms in total. The molecule has 0 aromatic rings. The Kier molecular flexibility index (Phi) is 2.98. The maximum absolute atomic E-state index is 5.54. The van der Waals surface area contributed by atoms with Gasteiger partial charge in [0, 0.05) is 19.5 Å². The van der Waals surface area contributed by atoms with Gasteiger partial charge in [0.2, 0.25) is 0 Å². The lowest BCUT2D eigenvalue weighted by molar-refractivity contribution is 0.0132. The van der Waals surface area contributed by atoms with Crippen molar-refractivity contribution in [2.45, 2.75) is 31.1 Å². The van der Waals surface area contributed by atoms with Crippen molar-refractivity contribution in [3.8, 4) is 12.3 Å². The van der Waals surface area contributed by atoms with E-state index in [0.717, 1.165) is 6.42 Å². The van der Waals surface area contributed by atoms with Crippen LogP contribution in [0.5, 0.6) is 0 Å². The van der Waals surface area contributed by atoms with E-state index >= 15 is 0 Å². The van der Waals surface area contributed by atoms with Crippen LogP contribution in [-0.4, -0.2) is 33.2 Å². The fourth-order valence-corrected chi connectivity index (χ4v) is 1.46. The maximum Gasteiger partial charge on any atom is 0.139 e. The molecule has 0 amide bonds. The topological polar surface area (TPSA) is 18.5 Å². The van der Waals surface area contributed by atoms with Gasteiger partial charge in [-0.3, -0.25) is 0 Å². The summed E-state index contributed by atoms with van der Waals surface area (Å²) in [5.41, 5.74) is 0. The molecule has 1 heterocycles. The van der Waals surface area contributed by atoms with E-state index in [2.05, 4.69) is 5.92 Å². The monoisotopic (exact) mass is 152 g/mol. The largest absolute Gasteiger partial charge is 0.380 e. The molecular weight excluding hydrogens is 139 g/mol. The minimum absolute atomic E-state index is 0.111. The van der Waals surface area contributed by atoms with Crippen LogP contribution in [0.25, 0.3) is 0 Å². The van der Waals surface area contributed by atoms with Gasteiger partial charge in [0.25, 0.3) is 0 Å². The van der Waals surface area contributed by atoms with E-state index in [-0.39, 0.29) is 12.2 Å². The number of hydrogen-bond donors (Lipinski definition) is 0. The van der Waals surface area contributed by atoms with Crippen LogP contribution in [0.3, 0.4) is 0 Å². The van der Waals surface area contributed by atoms with E-state index < -0.39 is 0 Å². The highest BCUT2D eigenvalue weighted by Crippen LogP contribution is 2.22. The third kappa shape index (κ3) is 1.98. The molecule has 0 saturated carbocycles. The molecule has 0 spiro atoms. The number of hydrogen-bond acceptors (Lipinski definition) is 2. The Bertz CT molecular complexity index is 164. The molecule has 3 atom stereocenters. The van der Waals surface area contributed by atoms with Crippen LogP contribution >= 0.6 is 0 Å². The Morgan fingerprint density at radius 2 is 2.55 bits per heavy atom. The van der Waals surface area contributed by atoms with E-state index in [1.807, 2.05) is 7.85 Å². The molecule has 3 heteroatoms. The molecule has 60 valence electrons. The molecule has 0 bridgehead atoms. The van der Waals surface area contributed by atoms with Gasteiger partial charge in [-0.05, 0) is 6.42 Å². The number of methoxy groups -OCH3 is 1. The molecule has 0 radical (unpaired) electrons. The first-order valence-electron chi connectivity index (χ1n) is 3.89. The first kappa shape index (κ1) is 8.64. The molecule has 0 aliphatic carbocycles. The molecular formula is C8H13BO2. The summed E-state index contributed by atoms with van der Waals surface area (Å²) in [5, 5.41) is 0. The minimum Gasteiger partial charge on any atom is -0.380 e. The van der Waals surface area contributed by atoms with Crippen molar-refractivity contribution >= 4 is 7.85 Å². The fourth-order valence-electron chi connectivity index (χ4n) is 1.46. The van der Waals surface area contributed by atoms with Crippen molar-refractivity contribution in [2.24, 2.45) is 0 Å². The van der Waals surface area contributed by atoms with Crippen LogP contribution in [0, 0.1) is 12.3 Å². The lowest BCUT2D eigenvalue weighted by atomic mass is 9.96. The summed E-state index contributed by atoms with van der Waals surface area (Å²) in [6.07, 6.45) is 7.11. The summed E-state index contributed by atoms with van der Waals surface area (Å²) < 4.78 is 10.8. The van der Waals surface area contributed by atoms with Gasteiger partial charge in [0.05, 0.1) is 12.2 Å². The van der Waals surface area contributed by atoms with Crippen LogP contribution in [-0.2, 0) is 9.47 Å². The molecule has 0 N–H and O–H groups in total. The number of terminal acetylenes is 1. The predicted molar refractivity (Wildman–Crippen MR) is 46.1 cm³/mol. The summed E-state index contributed by atoms with van der Waals surface area (Å²) in [5.74, 6) is 2.59. The third-order valence-electron chi connectivity index (χ3n) is 2.01. The molecule has 1 rings (SSSR count). The Morgan fingerprint density at radius 1 is 1.82 bits per heavy atom. The van der Waals surface area contributed by atoms with Gasteiger partial charge in [-0.15, -0.1) is 12.3 Å². The third-order valence-corrected chi connectivity index (χ3v) is 2.01. The van der Waals surface area contributed by atoms with Gasteiger partial charge < -0.3 is 9.47 Å². The summed E-state index contributed by atoms with van der Waals surface area (Å²) in [4.78, 5) is 0. The molecule has 0 aromatic heterocycles. The Labute approximate surface area is 68.7 Å². The summed E-state index contributed by atoms with van der Waals surface area (Å²) >= 11 is 0. The lowest BCUT2D eigenvalue weighted by Crippen LogP contribution is -2.22. The van der Waals surface area contributed by atoms with Gasteiger partial charge >= 0.3 is 0 Å².